The lowest BCUT2D eigenvalue weighted by molar-refractivity contribution is 0.0963. The second-order valence-electron chi connectivity index (χ2n) is 5.14. The summed E-state index contributed by atoms with van der Waals surface area (Å²) in [7, 11) is 1.65. The molecule has 2 N–H and O–H groups in total. The SMILES string of the molecule is CNC(=O)c1ccc(CNC(C)C2CCC2)cc1. The van der Waals surface area contributed by atoms with Gasteiger partial charge in [-0.05, 0) is 43.4 Å². The van der Waals surface area contributed by atoms with Gasteiger partial charge in [-0.15, -0.1) is 0 Å². The number of amides is 1. The van der Waals surface area contributed by atoms with Gasteiger partial charge < -0.3 is 10.6 Å². The Kier molecular flexibility index (Phi) is 4.37. The van der Waals surface area contributed by atoms with Crippen molar-refractivity contribution in [1.29, 1.82) is 0 Å². The van der Waals surface area contributed by atoms with Crippen molar-refractivity contribution in [3.8, 4) is 0 Å². The van der Waals surface area contributed by atoms with E-state index in [1.165, 1.54) is 24.8 Å². The van der Waals surface area contributed by atoms with Crippen LogP contribution in [0.3, 0.4) is 0 Å². The van der Waals surface area contributed by atoms with Crippen LogP contribution in [0.1, 0.15) is 42.1 Å². The Morgan fingerprint density at radius 3 is 2.50 bits per heavy atom. The van der Waals surface area contributed by atoms with Crippen molar-refractivity contribution in [3.63, 3.8) is 0 Å². The summed E-state index contributed by atoms with van der Waals surface area (Å²) in [6.07, 6.45) is 4.12. The Bertz CT molecular complexity index is 395. The van der Waals surface area contributed by atoms with E-state index in [2.05, 4.69) is 17.6 Å². The fourth-order valence-electron chi connectivity index (χ4n) is 2.30. The third-order valence-corrected chi connectivity index (χ3v) is 3.93. The molecule has 1 aromatic carbocycles. The molecule has 3 nitrogen and oxygen atoms in total. The zero-order valence-electron chi connectivity index (χ0n) is 11.2. The molecular formula is C15H22N2O. The fraction of sp³-hybridized carbons (Fsp3) is 0.533. The topological polar surface area (TPSA) is 41.1 Å². The normalized spacial score (nSPS) is 17.0. The molecule has 0 aromatic heterocycles. The maximum Gasteiger partial charge on any atom is 0.251 e. The molecule has 1 fully saturated rings. The van der Waals surface area contributed by atoms with Crippen LogP contribution in [0.15, 0.2) is 24.3 Å². The molecule has 3 heteroatoms. The molecule has 0 aliphatic heterocycles. The number of nitrogens with one attached hydrogen (secondary N) is 2. The highest BCUT2D eigenvalue weighted by molar-refractivity contribution is 5.93. The average Bonchev–Trinajstić information content (AvgIpc) is 2.34. The third-order valence-electron chi connectivity index (χ3n) is 3.93. The minimum Gasteiger partial charge on any atom is -0.355 e. The van der Waals surface area contributed by atoms with E-state index in [4.69, 9.17) is 0 Å². The Morgan fingerprint density at radius 2 is 2.00 bits per heavy atom. The Morgan fingerprint density at radius 1 is 1.33 bits per heavy atom. The van der Waals surface area contributed by atoms with E-state index in [1.54, 1.807) is 7.05 Å². The van der Waals surface area contributed by atoms with Gasteiger partial charge in [0.2, 0.25) is 0 Å². The van der Waals surface area contributed by atoms with E-state index in [-0.39, 0.29) is 5.91 Å². The van der Waals surface area contributed by atoms with Crippen LogP contribution in [0.25, 0.3) is 0 Å². The molecule has 1 amide bonds. The van der Waals surface area contributed by atoms with Gasteiger partial charge in [0.1, 0.15) is 0 Å². The van der Waals surface area contributed by atoms with Gasteiger partial charge in [-0.3, -0.25) is 4.79 Å². The highest BCUT2D eigenvalue weighted by atomic mass is 16.1. The number of hydrogen-bond acceptors (Lipinski definition) is 2. The van der Waals surface area contributed by atoms with E-state index in [0.29, 0.717) is 11.6 Å². The fourth-order valence-corrected chi connectivity index (χ4v) is 2.30. The van der Waals surface area contributed by atoms with Crippen molar-refractivity contribution in [2.75, 3.05) is 7.05 Å². The lowest BCUT2D eigenvalue weighted by Crippen LogP contribution is -2.36. The van der Waals surface area contributed by atoms with E-state index >= 15 is 0 Å². The van der Waals surface area contributed by atoms with Crippen LogP contribution in [0, 0.1) is 5.92 Å². The summed E-state index contributed by atoms with van der Waals surface area (Å²) in [6.45, 7) is 3.15. The number of carbonyl (C=O) groups excluding carboxylic acids is 1. The lowest BCUT2D eigenvalue weighted by Gasteiger charge is -2.32. The van der Waals surface area contributed by atoms with Gasteiger partial charge in [-0.25, -0.2) is 0 Å². The summed E-state index contributed by atoms with van der Waals surface area (Å²) < 4.78 is 0. The monoisotopic (exact) mass is 246 g/mol. The van der Waals surface area contributed by atoms with Crippen molar-refractivity contribution in [1.82, 2.24) is 10.6 Å². The van der Waals surface area contributed by atoms with Crippen LogP contribution in [0.4, 0.5) is 0 Å². The van der Waals surface area contributed by atoms with Crippen molar-refractivity contribution < 1.29 is 4.79 Å². The molecule has 0 saturated heterocycles. The molecule has 0 spiro atoms. The van der Waals surface area contributed by atoms with Gasteiger partial charge in [0.15, 0.2) is 0 Å². The minimum atomic E-state index is -0.0302. The molecule has 0 bridgehead atoms. The molecule has 0 radical (unpaired) electrons. The lowest BCUT2D eigenvalue weighted by atomic mass is 9.80. The number of hydrogen-bond donors (Lipinski definition) is 2. The number of carbonyl (C=O) groups is 1. The largest absolute Gasteiger partial charge is 0.355 e. The van der Waals surface area contributed by atoms with Gasteiger partial charge in [-0.1, -0.05) is 18.6 Å². The van der Waals surface area contributed by atoms with E-state index in [9.17, 15) is 4.79 Å². The first-order valence-corrected chi connectivity index (χ1v) is 6.75. The Hall–Kier alpha value is -1.35. The number of benzene rings is 1. The molecule has 18 heavy (non-hydrogen) atoms. The molecule has 1 atom stereocenters. The maximum atomic E-state index is 11.4. The summed E-state index contributed by atoms with van der Waals surface area (Å²) >= 11 is 0. The first-order chi connectivity index (χ1) is 8.70. The second-order valence-corrected chi connectivity index (χ2v) is 5.14. The Labute approximate surface area is 109 Å². The zero-order valence-corrected chi connectivity index (χ0v) is 11.2. The quantitative estimate of drug-likeness (QED) is 0.837. The maximum absolute atomic E-state index is 11.4. The predicted octanol–water partition coefficient (Wildman–Crippen LogP) is 2.32. The molecule has 1 saturated carbocycles. The van der Waals surface area contributed by atoms with Crippen LogP contribution in [-0.2, 0) is 6.54 Å². The molecule has 98 valence electrons. The summed E-state index contributed by atoms with van der Waals surface area (Å²) in [5.74, 6) is 0.826. The minimum absolute atomic E-state index is 0.0302. The van der Waals surface area contributed by atoms with Gasteiger partial charge in [0.25, 0.3) is 5.91 Å². The van der Waals surface area contributed by atoms with Gasteiger partial charge in [0, 0.05) is 25.2 Å². The molecule has 1 aliphatic rings. The van der Waals surface area contributed by atoms with Crippen molar-refractivity contribution >= 4 is 5.91 Å². The molecule has 1 aromatic rings. The first kappa shape index (κ1) is 13.1. The Balaban J connectivity index is 1.84. The third kappa shape index (κ3) is 3.10. The summed E-state index contributed by atoms with van der Waals surface area (Å²) in [5.41, 5.74) is 1.95. The number of rotatable bonds is 5. The molecule has 1 aliphatic carbocycles. The van der Waals surface area contributed by atoms with E-state index < -0.39 is 0 Å². The van der Waals surface area contributed by atoms with E-state index in [0.717, 1.165) is 12.5 Å². The molecule has 2 rings (SSSR count). The second kappa shape index (κ2) is 6.01. The van der Waals surface area contributed by atoms with Crippen LogP contribution in [0.2, 0.25) is 0 Å². The smallest absolute Gasteiger partial charge is 0.251 e. The highest BCUT2D eigenvalue weighted by Gasteiger charge is 2.23. The van der Waals surface area contributed by atoms with Crippen molar-refractivity contribution in [2.24, 2.45) is 5.92 Å². The van der Waals surface area contributed by atoms with Crippen LogP contribution < -0.4 is 10.6 Å². The average molecular weight is 246 g/mol. The van der Waals surface area contributed by atoms with Crippen molar-refractivity contribution in [2.45, 2.75) is 38.8 Å². The van der Waals surface area contributed by atoms with Gasteiger partial charge in [-0.2, -0.15) is 0 Å². The summed E-state index contributed by atoms with van der Waals surface area (Å²) in [5, 5.41) is 6.19. The summed E-state index contributed by atoms with van der Waals surface area (Å²) in [4.78, 5) is 11.4. The van der Waals surface area contributed by atoms with Gasteiger partial charge >= 0.3 is 0 Å². The standard InChI is InChI=1S/C15H22N2O/c1-11(13-4-3-5-13)17-10-12-6-8-14(9-7-12)15(18)16-2/h6-9,11,13,17H,3-5,10H2,1-2H3,(H,16,18). The molecular weight excluding hydrogens is 224 g/mol. The highest BCUT2D eigenvalue weighted by Crippen LogP contribution is 2.29. The zero-order chi connectivity index (χ0) is 13.0. The van der Waals surface area contributed by atoms with E-state index in [1.807, 2.05) is 24.3 Å². The molecule has 1 unspecified atom stereocenters. The van der Waals surface area contributed by atoms with Crippen LogP contribution in [-0.4, -0.2) is 19.0 Å². The van der Waals surface area contributed by atoms with Crippen molar-refractivity contribution in [3.05, 3.63) is 35.4 Å². The first-order valence-electron chi connectivity index (χ1n) is 6.75. The van der Waals surface area contributed by atoms with Gasteiger partial charge in [0.05, 0.1) is 0 Å². The summed E-state index contributed by atoms with van der Waals surface area (Å²) in [6, 6.07) is 8.39. The van der Waals surface area contributed by atoms with Crippen LogP contribution >= 0.6 is 0 Å². The molecule has 0 heterocycles. The van der Waals surface area contributed by atoms with Crippen LogP contribution in [0.5, 0.6) is 0 Å². The predicted molar refractivity (Wildman–Crippen MR) is 73.5 cm³/mol.